The number of rotatable bonds is 6. The molecule has 2 fully saturated rings. The molecule has 0 saturated heterocycles. The van der Waals surface area contributed by atoms with Crippen LogP contribution in [0.5, 0.6) is 0 Å². The van der Waals surface area contributed by atoms with E-state index in [-0.39, 0.29) is 12.5 Å². The Kier molecular flexibility index (Phi) is 8.13. The number of hydrogen-bond acceptors (Lipinski definition) is 2. The predicted octanol–water partition coefficient (Wildman–Crippen LogP) is 4.45. The number of nitrogens with one attached hydrogen (secondary N) is 2. The average molecular weight is 402 g/mol. The van der Waals surface area contributed by atoms with E-state index >= 15 is 0 Å². The molecule has 154 valence electrons. The summed E-state index contributed by atoms with van der Waals surface area (Å²) in [6.07, 6.45) is 12.2. The molecule has 2 aliphatic carbocycles. The highest BCUT2D eigenvalue weighted by Crippen LogP contribution is 2.24. The molecule has 0 heterocycles. The molecule has 5 heteroatoms. The highest BCUT2D eigenvalue weighted by molar-refractivity contribution is 7.80. The van der Waals surface area contributed by atoms with Gasteiger partial charge in [-0.15, -0.1) is 0 Å². The summed E-state index contributed by atoms with van der Waals surface area (Å²) in [6, 6.07) is 9.49. The van der Waals surface area contributed by atoms with Crippen LogP contribution in [0.4, 0.5) is 0 Å². The molecular weight excluding hydrogens is 366 g/mol. The van der Waals surface area contributed by atoms with E-state index in [1.54, 1.807) is 0 Å². The van der Waals surface area contributed by atoms with Crippen molar-refractivity contribution < 1.29 is 4.79 Å². The fourth-order valence-corrected chi connectivity index (χ4v) is 4.72. The van der Waals surface area contributed by atoms with Crippen molar-refractivity contribution in [1.29, 1.82) is 0 Å². The van der Waals surface area contributed by atoms with Gasteiger partial charge >= 0.3 is 0 Å². The van der Waals surface area contributed by atoms with Crippen molar-refractivity contribution >= 4 is 23.2 Å². The molecular formula is C23H35N3OS. The Labute approximate surface area is 175 Å². The van der Waals surface area contributed by atoms with Crippen LogP contribution in [0.25, 0.3) is 0 Å². The molecule has 0 spiro atoms. The number of thiocarbonyl (C=S) groups is 1. The van der Waals surface area contributed by atoms with Crippen molar-refractivity contribution in [3.05, 3.63) is 35.4 Å². The Bertz CT molecular complexity index is 634. The van der Waals surface area contributed by atoms with E-state index in [0.717, 1.165) is 19.4 Å². The van der Waals surface area contributed by atoms with Gasteiger partial charge in [-0.25, -0.2) is 0 Å². The second-order valence-corrected chi connectivity index (χ2v) is 8.85. The Hall–Kier alpha value is -1.62. The number of hydrogen-bond donors (Lipinski definition) is 2. The molecule has 1 aromatic rings. The number of carbonyl (C=O) groups is 1. The lowest BCUT2D eigenvalue weighted by atomic mass is 9.94. The SMILES string of the molecule is Cc1ccc(CN(C(=S)NCC(=O)NC2CCCCC2)C2CCCCC2)cc1. The smallest absolute Gasteiger partial charge is 0.239 e. The van der Waals surface area contributed by atoms with Gasteiger partial charge in [-0.1, -0.05) is 68.4 Å². The standard InChI is InChI=1S/C23H35N3OS/c1-18-12-14-19(15-13-18)17-26(21-10-6-3-7-11-21)23(28)24-16-22(27)25-20-8-4-2-5-9-20/h12-15,20-21H,2-11,16-17H2,1H3,(H,24,28)(H,25,27). The van der Waals surface area contributed by atoms with Crippen LogP contribution in [0.2, 0.25) is 0 Å². The molecule has 0 unspecified atom stereocenters. The van der Waals surface area contributed by atoms with E-state index in [2.05, 4.69) is 46.7 Å². The summed E-state index contributed by atoms with van der Waals surface area (Å²) < 4.78 is 0. The molecule has 2 N–H and O–H groups in total. The van der Waals surface area contributed by atoms with Gasteiger partial charge in [0.1, 0.15) is 0 Å². The van der Waals surface area contributed by atoms with Crippen molar-refractivity contribution in [2.75, 3.05) is 6.54 Å². The molecule has 0 radical (unpaired) electrons. The topological polar surface area (TPSA) is 44.4 Å². The molecule has 0 bridgehead atoms. The summed E-state index contributed by atoms with van der Waals surface area (Å²) >= 11 is 5.74. The molecule has 1 amide bonds. The Morgan fingerprint density at radius 3 is 2.25 bits per heavy atom. The fourth-order valence-electron chi connectivity index (χ4n) is 4.43. The minimum absolute atomic E-state index is 0.0631. The van der Waals surface area contributed by atoms with Crippen LogP contribution in [-0.4, -0.2) is 34.5 Å². The van der Waals surface area contributed by atoms with Crippen LogP contribution in [-0.2, 0) is 11.3 Å². The van der Waals surface area contributed by atoms with Gasteiger partial charge < -0.3 is 15.5 Å². The highest BCUT2D eigenvalue weighted by Gasteiger charge is 2.24. The summed E-state index contributed by atoms with van der Waals surface area (Å²) in [4.78, 5) is 14.7. The van der Waals surface area contributed by atoms with Gasteiger partial charge in [0.15, 0.2) is 5.11 Å². The van der Waals surface area contributed by atoms with E-state index in [4.69, 9.17) is 12.2 Å². The zero-order valence-electron chi connectivity index (χ0n) is 17.2. The van der Waals surface area contributed by atoms with Crippen molar-refractivity contribution in [2.24, 2.45) is 0 Å². The molecule has 3 rings (SSSR count). The summed E-state index contributed by atoms with van der Waals surface area (Å²) in [5.41, 5.74) is 2.54. The first-order chi connectivity index (χ1) is 13.6. The van der Waals surface area contributed by atoms with Crippen LogP contribution in [0.15, 0.2) is 24.3 Å². The average Bonchev–Trinajstić information content (AvgIpc) is 2.73. The van der Waals surface area contributed by atoms with Gasteiger partial charge in [0.2, 0.25) is 5.91 Å². The molecule has 0 aromatic heterocycles. The summed E-state index contributed by atoms with van der Waals surface area (Å²) in [5, 5.41) is 7.13. The minimum atomic E-state index is 0.0631. The quantitative estimate of drug-likeness (QED) is 0.691. The maximum Gasteiger partial charge on any atom is 0.239 e. The normalized spacial score (nSPS) is 18.5. The largest absolute Gasteiger partial charge is 0.353 e. The van der Waals surface area contributed by atoms with Crippen molar-refractivity contribution in [1.82, 2.24) is 15.5 Å². The van der Waals surface area contributed by atoms with Crippen LogP contribution in [0, 0.1) is 6.92 Å². The van der Waals surface area contributed by atoms with Crippen molar-refractivity contribution in [2.45, 2.75) is 89.8 Å². The van der Waals surface area contributed by atoms with Crippen LogP contribution < -0.4 is 10.6 Å². The summed E-state index contributed by atoms with van der Waals surface area (Å²) in [7, 11) is 0. The van der Waals surface area contributed by atoms with E-state index in [9.17, 15) is 4.79 Å². The van der Waals surface area contributed by atoms with Crippen LogP contribution in [0.1, 0.15) is 75.3 Å². The Morgan fingerprint density at radius 1 is 1.00 bits per heavy atom. The lowest BCUT2D eigenvalue weighted by Crippen LogP contribution is -2.49. The van der Waals surface area contributed by atoms with Crippen LogP contribution in [0.3, 0.4) is 0 Å². The zero-order valence-corrected chi connectivity index (χ0v) is 18.0. The van der Waals surface area contributed by atoms with Gasteiger partial charge in [-0.2, -0.15) is 0 Å². The third-order valence-corrected chi connectivity index (χ3v) is 6.50. The molecule has 0 atom stereocenters. The Balaban J connectivity index is 1.55. The first-order valence-corrected chi connectivity index (χ1v) is 11.4. The van der Waals surface area contributed by atoms with E-state index in [1.807, 2.05) is 0 Å². The van der Waals surface area contributed by atoms with Gasteiger partial charge in [0.25, 0.3) is 0 Å². The number of nitrogens with zero attached hydrogens (tertiary/aromatic N) is 1. The third kappa shape index (κ3) is 6.47. The maximum absolute atomic E-state index is 12.4. The third-order valence-electron chi connectivity index (χ3n) is 6.12. The zero-order chi connectivity index (χ0) is 19.8. The number of aryl methyl sites for hydroxylation is 1. The highest BCUT2D eigenvalue weighted by atomic mass is 32.1. The van der Waals surface area contributed by atoms with Gasteiger partial charge in [-0.05, 0) is 50.4 Å². The molecule has 28 heavy (non-hydrogen) atoms. The lowest BCUT2D eigenvalue weighted by molar-refractivity contribution is -0.120. The number of benzene rings is 1. The van der Waals surface area contributed by atoms with E-state index < -0.39 is 0 Å². The Morgan fingerprint density at radius 2 is 1.61 bits per heavy atom. The minimum Gasteiger partial charge on any atom is -0.353 e. The first kappa shape index (κ1) is 21.1. The molecule has 4 nitrogen and oxygen atoms in total. The van der Waals surface area contributed by atoms with Gasteiger partial charge in [0, 0.05) is 18.6 Å². The van der Waals surface area contributed by atoms with Gasteiger partial charge in [-0.3, -0.25) is 4.79 Å². The fraction of sp³-hybridized carbons (Fsp3) is 0.652. The molecule has 2 saturated carbocycles. The van der Waals surface area contributed by atoms with Crippen LogP contribution >= 0.6 is 12.2 Å². The second kappa shape index (κ2) is 10.8. The van der Waals surface area contributed by atoms with E-state index in [0.29, 0.717) is 17.2 Å². The number of amides is 1. The number of carbonyl (C=O) groups excluding carboxylic acids is 1. The second-order valence-electron chi connectivity index (χ2n) is 8.47. The summed E-state index contributed by atoms with van der Waals surface area (Å²) in [5.74, 6) is 0.0631. The first-order valence-electron chi connectivity index (χ1n) is 11.0. The molecule has 2 aliphatic rings. The van der Waals surface area contributed by atoms with E-state index in [1.165, 1.54) is 62.5 Å². The lowest BCUT2D eigenvalue weighted by Gasteiger charge is -2.36. The van der Waals surface area contributed by atoms with Crippen molar-refractivity contribution in [3.63, 3.8) is 0 Å². The maximum atomic E-state index is 12.4. The van der Waals surface area contributed by atoms with Gasteiger partial charge in [0.05, 0.1) is 6.54 Å². The molecule has 1 aromatic carbocycles. The predicted molar refractivity (Wildman–Crippen MR) is 119 cm³/mol. The van der Waals surface area contributed by atoms with Crippen molar-refractivity contribution in [3.8, 4) is 0 Å². The monoisotopic (exact) mass is 401 g/mol. The summed E-state index contributed by atoms with van der Waals surface area (Å²) in [6.45, 7) is 3.19. The molecule has 0 aliphatic heterocycles.